The smallest absolute Gasteiger partial charge is 0.224 e. The van der Waals surface area contributed by atoms with E-state index in [1.807, 2.05) is 24.9 Å². The molecule has 0 aliphatic heterocycles. The predicted octanol–water partition coefficient (Wildman–Crippen LogP) is 3.18. The van der Waals surface area contributed by atoms with Crippen LogP contribution in [0.4, 0.5) is 11.5 Å². The number of hydrogen-bond donors (Lipinski definition) is 2. The second-order valence-electron chi connectivity index (χ2n) is 5.06. The molecule has 118 valence electrons. The predicted molar refractivity (Wildman–Crippen MR) is 92.6 cm³/mol. The highest BCUT2D eigenvalue weighted by Gasteiger charge is 2.06. The maximum Gasteiger partial charge on any atom is 0.224 e. The number of aryl methyl sites for hydroxylation is 1. The Hall–Kier alpha value is -2.60. The highest BCUT2D eigenvalue weighted by Crippen LogP contribution is 2.21. The lowest BCUT2D eigenvalue weighted by Crippen LogP contribution is -2.05. The van der Waals surface area contributed by atoms with E-state index >= 15 is 0 Å². The Morgan fingerprint density at radius 3 is 2.61 bits per heavy atom. The number of anilines is 2. The summed E-state index contributed by atoms with van der Waals surface area (Å²) in [6.07, 6.45) is 5.38. The van der Waals surface area contributed by atoms with Crippen LogP contribution < -0.4 is 10.6 Å². The van der Waals surface area contributed by atoms with Crippen LogP contribution in [0.5, 0.6) is 0 Å². The van der Waals surface area contributed by atoms with Crippen molar-refractivity contribution in [1.29, 1.82) is 0 Å². The second-order valence-corrected chi connectivity index (χ2v) is 5.40. The zero-order valence-electron chi connectivity index (χ0n) is 12.9. The summed E-state index contributed by atoms with van der Waals surface area (Å²) in [4.78, 5) is 12.5. The van der Waals surface area contributed by atoms with Crippen LogP contribution in [0.2, 0.25) is 5.28 Å². The van der Waals surface area contributed by atoms with Crippen molar-refractivity contribution in [3.63, 3.8) is 0 Å². The summed E-state index contributed by atoms with van der Waals surface area (Å²) >= 11 is 5.85. The molecule has 0 atom stereocenters. The number of hydrogen-bond acceptors (Lipinski definition) is 5. The van der Waals surface area contributed by atoms with E-state index in [1.54, 1.807) is 12.4 Å². The minimum absolute atomic E-state index is 0.219. The van der Waals surface area contributed by atoms with Gasteiger partial charge < -0.3 is 15.2 Å². The van der Waals surface area contributed by atoms with E-state index in [4.69, 9.17) is 11.6 Å². The number of nitrogens with zero attached hydrogens (tertiary/aromatic N) is 4. The standard InChI is InChI=1S/C16H17ClN6/c1-18-13-10-21-16(17)22-14(13)20-9-11-3-5-12(6-4-11)15-19-7-8-23(15)2/h3-8,10,18H,9H2,1-2H3,(H,20,21,22). The van der Waals surface area contributed by atoms with Crippen LogP contribution in [-0.4, -0.2) is 26.6 Å². The van der Waals surface area contributed by atoms with Gasteiger partial charge in [0.1, 0.15) is 5.82 Å². The van der Waals surface area contributed by atoms with Gasteiger partial charge in [-0.1, -0.05) is 24.3 Å². The molecule has 0 saturated carbocycles. The molecule has 0 unspecified atom stereocenters. The van der Waals surface area contributed by atoms with E-state index in [2.05, 4.69) is 49.9 Å². The minimum Gasteiger partial charge on any atom is -0.384 e. The van der Waals surface area contributed by atoms with E-state index in [0.29, 0.717) is 12.4 Å². The molecule has 0 aliphatic rings. The first kappa shape index (κ1) is 15.3. The average molecular weight is 329 g/mol. The van der Waals surface area contributed by atoms with Crippen LogP contribution >= 0.6 is 11.6 Å². The lowest BCUT2D eigenvalue weighted by Gasteiger charge is -2.11. The van der Waals surface area contributed by atoms with Gasteiger partial charge >= 0.3 is 0 Å². The topological polar surface area (TPSA) is 67.7 Å². The fraction of sp³-hybridized carbons (Fsp3) is 0.188. The quantitative estimate of drug-likeness (QED) is 0.704. The Bertz CT molecular complexity index is 797. The zero-order chi connectivity index (χ0) is 16.2. The van der Waals surface area contributed by atoms with Gasteiger partial charge in [-0.05, 0) is 17.2 Å². The number of halogens is 1. The molecule has 1 aromatic carbocycles. The van der Waals surface area contributed by atoms with Crippen molar-refractivity contribution in [3.05, 3.63) is 53.7 Å². The molecule has 0 radical (unpaired) electrons. The molecule has 7 heteroatoms. The molecular formula is C16H17ClN6. The lowest BCUT2D eigenvalue weighted by atomic mass is 10.1. The monoisotopic (exact) mass is 328 g/mol. The number of imidazole rings is 1. The molecule has 3 aromatic rings. The molecule has 0 aliphatic carbocycles. The third-order valence-corrected chi connectivity index (χ3v) is 3.70. The molecule has 0 bridgehead atoms. The van der Waals surface area contributed by atoms with Gasteiger partial charge in [-0.2, -0.15) is 4.98 Å². The largest absolute Gasteiger partial charge is 0.384 e. The summed E-state index contributed by atoms with van der Waals surface area (Å²) in [5, 5.41) is 6.52. The summed E-state index contributed by atoms with van der Waals surface area (Å²) < 4.78 is 2.00. The van der Waals surface area contributed by atoms with Gasteiger partial charge in [0.25, 0.3) is 0 Å². The van der Waals surface area contributed by atoms with Crippen molar-refractivity contribution in [2.45, 2.75) is 6.54 Å². The van der Waals surface area contributed by atoms with E-state index < -0.39 is 0 Å². The Labute approximate surface area is 139 Å². The number of nitrogens with one attached hydrogen (secondary N) is 2. The molecular weight excluding hydrogens is 312 g/mol. The summed E-state index contributed by atoms with van der Waals surface area (Å²) in [7, 11) is 3.80. The van der Waals surface area contributed by atoms with Crippen molar-refractivity contribution in [2.75, 3.05) is 17.7 Å². The van der Waals surface area contributed by atoms with Crippen molar-refractivity contribution < 1.29 is 0 Å². The van der Waals surface area contributed by atoms with Gasteiger partial charge in [0.05, 0.1) is 11.9 Å². The van der Waals surface area contributed by atoms with Crippen LogP contribution in [0.15, 0.2) is 42.9 Å². The molecule has 0 fully saturated rings. The first-order valence-corrected chi connectivity index (χ1v) is 7.56. The molecule has 2 N–H and O–H groups in total. The van der Waals surface area contributed by atoms with Crippen LogP contribution in [0.1, 0.15) is 5.56 Å². The number of rotatable bonds is 5. The highest BCUT2D eigenvalue weighted by atomic mass is 35.5. The highest BCUT2D eigenvalue weighted by molar-refractivity contribution is 6.28. The Morgan fingerprint density at radius 2 is 1.96 bits per heavy atom. The van der Waals surface area contributed by atoms with Crippen molar-refractivity contribution in [1.82, 2.24) is 19.5 Å². The molecule has 0 amide bonds. The normalized spacial score (nSPS) is 10.6. The Kier molecular flexibility index (Phi) is 4.43. The second kappa shape index (κ2) is 6.66. The van der Waals surface area contributed by atoms with E-state index in [9.17, 15) is 0 Å². The molecule has 3 rings (SSSR count). The average Bonchev–Trinajstić information content (AvgIpc) is 2.99. The Morgan fingerprint density at radius 1 is 1.17 bits per heavy atom. The maximum absolute atomic E-state index is 5.85. The number of benzene rings is 1. The first-order valence-electron chi connectivity index (χ1n) is 7.18. The van der Waals surface area contributed by atoms with Crippen LogP contribution in [-0.2, 0) is 13.6 Å². The van der Waals surface area contributed by atoms with Crippen molar-refractivity contribution in [3.8, 4) is 11.4 Å². The van der Waals surface area contributed by atoms with Crippen LogP contribution in [0.3, 0.4) is 0 Å². The van der Waals surface area contributed by atoms with E-state index in [0.717, 1.165) is 22.6 Å². The van der Waals surface area contributed by atoms with E-state index in [1.165, 1.54) is 0 Å². The molecule has 0 saturated heterocycles. The number of aromatic nitrogens is 4. The SMILES string of the molecule is CNc1cnc(Cl)nc1NCc1ccc(-c2nccn2C)cc1. The maximum atomic E-state index is 5.85. The Balaban J connectivity index is 1.72. The first-order chi connectivity index (χ1) is 11.2. The van der Waals surface area contributed by atoms with Gasteiger partial charge in [-0.15, -0.1) is 0 Å². The third kappa shape index (κ3) is 3.43. The van der Waals surface area contributed by atoms with Gasteiger partial charge in [0, 0.05) is 38.6 Å². The fourth-order valence-electron chi connectivity index (χ4n) is 2.28. The lowest BCUT2D eigenvalue weighted by molar-refractivity contribution is 0.924. The molecule has 2 heterocycles. The van der Waals surface area contributed by atoms with Gasteiger partial charge in [0.2, 0.25) is 5.28 Å². The zero-order valence-corrected chi connectivity index (χ0v) is 13.7. The van der Waals surface area contributed by atoms with Crippen LogP contribution in [0.25, 0.3) is 11.4 Å². The molecule has 0 spiro atoms. The fourth-order valence-corrected chi connectivity index (χ4v) is 2.41. The van der Waals surface area contributed by atoms with Crippen molar-refractivity contribution >= 4 is 23.1 Å². The van der Waals surface area contributed by atoms with Gasteiger partial charge in [-0.25, -0.2) is 9.97 Å². The molecule has 6 nitrogen and oxygen atoms in total. The van der Waals surface area contributed by atoms with E-state index in [-0.39, 0.29) is 5.28 Å². The molecule has 2 aromatic heterocycles. The van der Waals surface area contributed by atoms with Gasteiger partial charge in [-0.3, -0.25) is 0 Å². The summed E-state index contributed by atoms with van der Waals surface area (Å²) in [6.45, 7) is 0.642. The van der Waals surface area contributed by atoms with Crippen LogP contribution in [0, 0.1) is 0 Å². The van der Waals surface area contributed by atoms with Gasteiger partial charge in [0.15, 0.2) is 5.82 Å². The van der Waals surface area contributed by atoms with Crippen molar-refractivity contribution in [2.24, 2.45) is 7.05 Å². The minimum atomic E-state index is 0.219. The summed E-state index contributed by atoms with van der Waals surface area (Å²) in [6, 6.07) is 8.26. The molecule has 23 heavy (non-hydrogen) atoms. The summed E-state index contributed by atoms with van der Waals surface area (Å²) in [5.41, 5.74) is 3.03. The third-order valence-electron chi connectivity index (χ3n) is 3.52. The summed E-state index contributed by atoms with van der Waals surface area (Å²) in [5.74, 6) is 1.63.